The van der Waals surface area contributed by atoms with Crippen molar-refractivity contribution in [2.45, 2.75) is 24.5 Å². The summed E-state index contributed by atoms with van der Waals surface area (Å²) in [6.45, 7) is 3.97. The highest BCUT2D eigenvalue weighted by atomic mass is 32.2. The minimum atomic E-state index is -3.89. The Morgan fingerprint density at radius 3 is 2.62 bits per heavy atom. The fraction of sp³-hybridized carbons (Fsp3) is 0.545. The van der Waals surface area contributed by atoms with Gasteiger partial charge in [-0.15, -0.1) is 0 Å². The molecule has 1 rings (SSSR count). The molecule has 0 saturated carbocycles. The number of nitrogen functional groups attached to an aromatic ring is 1. The van der Waals surface area contributed by atoms with Crippen LogP contribution in [0, 0.1) is 27.4 Å². The minimum absolute atomic E-state index is 0.0443. The molecule has 2 N–H and O–H groups in total. The van der Waals surface area contributed by atoms with Gasteiger partial charge in [0.15, 0.2) is 5.00 Å². The Hall–Kier alpha value is -1.70. The monoisotopic (exact) mass is 332 g/mol. The molecule has 0 bridgehead atoms. The molecule has 0 unspecified atom stereocenters. The number of thiophene rings is 1. The predicted molar refractivity (Wildman–Crippen MR) is 79.2 cm³/mol. The highest BCUT2D eigenvalue weighted by Crippen LogP contribution is 2.36. The van der Waals surface area contributed by atoms with E-state index in [9.17, 15) is 18.5 Å². The third kappa shape index (κ3) is 4.13. The van der Waals surface area contributed by atoms with Gasteiger partial charge >= 0.3 is 5.69 Å². The topological polar surface area (TPSA) is 130 Å². The molecule has 0 aromatic carbocycles. The number of hydrogen-bond acceptors (Lipinski definition) is 7. The van der Waals surface area contributed by atoms with Crippen LogP contribution in [0.3, 0.4) is 0 Å². The van der Waals surface area contributed by atoms with Crippen molar-refractivity contribution in [3.05, 3.63) is 16.2 Å². The Morgan fingerprint density at radius 2 is 2.19 bits per heavy atom. The lowest BCUT2D eigenvalue weighted by Crippen LogP contribution is -2.34. The normalized spacial score (nSPS) is 11.8. The molecule has 0 saturated heterocycles. The zero-order valence-electron chi connectivity index (χ0n) is 11.6. The molecule has 116 valence electrons. The van der Waals surface area contributed by atoms with E-state index in [1.807, 2.05) is 19.9 Å². The van der Waals surface area contributed by atoms with Crippen molar-refractivity contribution in [1.82, 2.24) is 4.31 Å². The van der Waals surface area contributed by atoms with Crippen molar-refractivity contribution in [2.24, 2.45) is 5.92 Å². The number of anilines is 1. The van der Waals surface area contributed by atoms with Gasteiger partial charge in [-0.05, 0) is 5.92 Å². The molecule has 0 amide bonds. The number of nitrogens with two attached hydrogens (primary N) is 1. The third-order valence-corrected chi connectivity index (χ3v) is 5.82. The quantitative estimate of drug-likeness (QED) is 0.598. The summed E-state index contributed by atoms with van der Waals surface area (Å²) in [7, 11) is -3.89. The second-order valence-electron chi connectivity index (χ2n) is 4.74. The smallest absolute Gasteiger partial charge is 0.304 e. The SMILES string of the molecule is CC(C)CN(CCC#N)S(=O)(=O)c1cc([N+](=O)[O-])c(N)s1. The first-order chi connectivity index (χ1) is 9.70. The van der Waals surface area contributed by atoms with Crippen molar-refractivity contribution in [1.29, 1.82) is 5.26 Å². The van der Waals surface area contributed by atoms with Crippen molar-refractivity contribution in [3.63, 3.8) is 0 Å². The summed E-state index contributed by atoms with van der Waals surface area (Å²) in [6.07, 6.45) is 0.0505. The van der Waals surface area contributed by atoms with E-state index < -0.39 is 20.6 Å². The Kier molecular flexibility index (Phi) is 5.65. The van der Waals surface area contributed by atoms with Crippen molar-refractivity contribution >= 4 is 32.0 Å². The first-order valence-corrected chi connectivity index (χ1v) is 8.36. The summed E-state index contributed by atoms with van der Waals surface area (Å²) < 4.78 is 26.0. The molecule has 10 heteroatoms. The van der Waals surface area contributed by atoms with Gasteiger partial charge in [0.05, 0.1) is 11.0 Å². The molecular formula is C11H16N4O4S2. The maximum Gasteiger partial charge on any atom is 0.304 e. The van der Waals surface area contributed by atoms with Crippen LogP contribution < -0.4 is 5.73 Å². The molecule has 0 atom stereocenters. The number of sulfonamides is 1. The predicted octanol–water partition coefficient (Wildman–Crippen LogP) is 1.80. The van der Waals surface area contributed by atoms with Gasteiger partial charge in [0.2, 0.25) is 0 Å². The average Bonchev–Trinajstić information content (AvgIpc) is 2.76. The van der Waals surface area contributed by atoms with Crippen LogP contribution >= 0.6 is 11.3 Å². The molecule has 0 fully saturated rings. The number of nitrogens with zero attached hydrogens (tertiary/aromatic N) is 3. The lowest BCUT2D eigenvalue weighted by Gasteiger charge is -2.21. The van der Waals surface area contributed by atoms with E-state index >= 15 is 0 Å². The van der Waals surface area contributed by atoms with Crippen molar-refractivity contribution < 1.29 is 13.3 Å². The minimum Gasteiger partial charge on any atom is -0.385 e. The summed E-state index contributed by atoms with van der Waals surface area (Å²) in [5.41, 5.74) is 5.07. The molecule has 1 aromatic rings. The summed E-state index contributed by atoms with van der Waals surface area (Å²) in [4.78, 5) is 10.0. The van der Waals surface area contributed by atoms with Crippen LogP contribution in [-0.4, -0.2) is 30.7 Å². The van der Waals surface area contributed by atoms with E-state index in [1.54, 1.807) is 0 Å². The molecule has 0 aliphatic carbocycles. The molecule has 1 aromatic heterocycles. The first kappa shape index (κ1) is 17.4. The fourth-order valence-electron chi connectivity index (χ4n) is 1.66. The highest BCUT2D eigenvalue weighted by Gasteiger charge is 2.30. The van der Waals surface area contributed by atoms with Gasteiger partial charge in [0, 0.05) is 25.6 Å². The van der Waals surface area contributed by atoms with E-state index in [2.05, 4.69) is 0 Å². The molecule has 0 radical (unpaired) electrons. The number of nitriles is 1. The summed E-state index contributed by atoms with van der Waals surface area (Å²) in [6, 6.07) is 2.86. The first-order valence-electron chi connectivity index (χ1n) is 6.11. The van der Waals surface area contributed by atoms with Gasteiger partial charge in [-0.25, -0.2) is 8.42 Å². The number of hydrogen-bond donors (Lipinski definition) is 1. The third-order valence-electron chi connectivity index (χ3n) is 2.55. The summed E-state index contributed by atoms with van der Waals surface area (Å²) in [5, 5.41) is 19.2. The largest absolute Gasteiger partial charge is 0.385 e. The number of rotatable bonds is 7. The van der Waals surface area contributed by atoms with Crippen molar-refractivity contribution in [3.8, 4) is 6.07 Å². The van der Waals surface area contributed by atoms with Gasteiger partial charge in [0.1, 0.15) is 4.21 Å². The van der Waals surface area contributed by atoms with E-state index in [1.165, 1.54) is 0 Å². The van der Waals surface area contributed by atoms with E-state index in [0.29, 0.717) is 11.3 Å². The standard InChI is InChI=1S/C11H16N4O4S2/c1-8(2)7-14(5-3-4-12)21(18,19)10-6-9(15(16)17)11(13)20-10/h6,8H,3,5,7,13H2,1-2H3. The maximum absolute atomic E-state index is 12.5. The van der Waals surface area contributed by atoms with Gasteiger partial charge in [0.25, 0.3) is 10.0 Å². The Morgan fingerprint density at radius 1 is 1.57 bits per heavy atom. The number of nitro groups is 1. The average molecular weight is 332 g/mol. The van der Waals surface area contributed by atoms with Crippen LogP contribution in [0.1, 0.15) is 20.3 Å². The Balaban J connectivity index is 3.19. The van der Waals surface area contributed by atoms with E-state index in [-0.39, 0.29) is 34.6 Å². The molecular weight excluding hydrogens is 316 g/mol. The lowest BCUT2D eigenvalue weighted by atomic mass is 10.2. The molecule has 21 heavy (non-hydrogen) atoms. The molecule has 0 aliphatic heterocycles. The van der Waals surface area contributed by atoms with E-state index in [0.717, 1.165) is 10.4 Å². The summed E-state index contributed by atoms with van der Waals surface area (Å²) in [5.74, 6) is 0.0609. The molecule has 0 aliphatic rings. The maximum atomic E-state index is 12.5. The summed E-state index contributed by atoms with van der Waals surface area (Å²) >= 11 is 0.662. The Bertz CT molecular complexity index is 660. The van der Waals surface area contributed by atoms with Crippen LogP contribution in [-0.2, 0) is 10.0 Å². The van der Waals surface area contributed by atoms with Gasteiger partial charge in [-0.2, -0.15) is 9.57 Å². The van der Waals surface area contributed by atoms with Gasteiger partial charge in [-0.3, -0.25) is 10.1 Å². The van der Waals surface area contributed by atoms with Gasteiger partial charge in [-0.1, -0.05) is 25.2 Å². The van der Waals surface area contributed by atoms with Crippen LogP contribution in [0.15, 0.2) is 10.3 Å². The second-order valence-corrected chi connectivity index (χ2v) is 7.99. The molecule has 1 heterocycles. The van der Waals surface area contributed by atoms with Crippen molar-refractivity contribution in [2.75, 3.05) is 18.8 Å². The Labute approximate surface area is 127 Å². The zero-order valence-corrected chi connectivity index (χ0v) is 13.3. The second kappa shape index (κ2) is 6.84. The van der Waals surface area contributed by atoms with Crippen LogP contribution in [0.2, 0.25) is 0 Å². The lowest BCUT2D eigenvalue weighted by molar-refractivity contribution is -0.383. The highest BCUT2D eigenvalue weighted by molar-refractivity contribution is 7.91. The fourth-order valence-corrected chi connectivity index (χ4v) is 4.63. The van der Waals surface area contributed by atoms with Crippen LogP contribution in [0.4, 0.5) is 10.7 Å². The van der Waals surface area contributed by atoms with Crippen LogP contribution in [0.25, 0.3) is 0 Å². The van der Waals surface area contributed by atoms with E-state index in [4.69, 9.17) is 11.0 Å². The molecule has 8 nitrogen and oxygen atoms in total. The zero-order chi connectivity index (χ0) is 16.2. The van der Waals surface area contributed by atoms with Crippen LogP contribution in [0.5, 0.6) is 0 Å². The molecule has 0 spiro atoms. The van der Waals surface area contributed by atoms with Gasteiger partial charge < -0.3 is 5.73 Å².